The van der Waals surface area contributed by atoms with Crippen LogP contribution in [0.25, 0.3) is 11.3 Å². The maximum absolute atomic E-state index is 5.41. The van der Waals surface area contributed by atoms with Crippen LogP contribution in [-0.2, 0) is 0 Å². The third-order valence-corrected chi connectivity index (χ3v) is 4.93. The van der Waals surface area contributed by atoms with Crippen LogP contribution < -0.4 is 19.3 Å². The highest BCUT2D eigenvalue weighted by Crippen LogP contribution is 2.32. The number of methoxy groups -OCH3 is 2. The highest BCUT2D eigenvalue weighted by molar-refractivity contribution is 5.64. The summed E-state index contributed by atoms with van der Waals surface area (Å²) in [7, 11) is 3.26. The Bertz CT molecular complexity index is 927. The SMILES string of the molecule is COc1ccc(-c2cncc(N3CCN(c4ccncc4)CC3)n2)cc1OC. The Morgan fingerprint density at radius 2 is 1.50 bits per heavy atom. The van der Waals surface area contributed by atoms with Crippen molar-refractivity contribution in [3.8, 4) is 22.8 Å². The summed E-state index contributed by atoms with van der Waals surface area (Å²) in [4.78, 5) is 18.0. The van der Waals surface area contributed by atoms with Gasteiger partial charge in [-0.05, 0) is 30.3 Å². The quantitative estimate of drug-likeness (QED) is 0.677. The van der Waals surface area contributed by atoms with Crippen LogP contribution in [0.4, 0.5) is 11.5 Å². The Kier molecular flexibility index (Phi) is 5.23. The van der Waals surface area contributed by atoms with Gasteiger partial charge < -0.3 is 19.3 Å². The van der Waals surface area contributed by atoms with Crippen molar-refractivity contribution in [3.63, 3.8) is 0 Å². The maximum atomic E-state index is 5.41. The molecule has 0 aliphatic carbocycles. The van der Waals surface area contributed by atoms with E-state index in [-0.39, 0.29) is 0 Å². The first-order valence-electron chi connectivity index (χ1n) is 9.23. The summed E-state index contributed by atoms with van der Waals surface area (Å²) >= 11 is 0. The smallest absolute Gasteiger partial charge is 0.161 e. The molecule has 1 saturated heterocycles. The summed E-state index contributed by atoms with van der Waals surface area (Å²) in [6, 6.07) is 9.88. The molecule has 0 atom stereocenters. The van der Waals surface area contributed by atoms with Gasteiger partial charge in [0.1, 0.15) is 5.82 Å². The number of nitrogens with zero attached hydrogens (tertiary/aromatic N) is 5. The molecule has 1 aliphatic heterocycles. The van der Waals surface area contributed by atoms with Gasteiger partial charge in [0.2, 0.25) is 0 Å². The van der Waals surface area contributed by atoms with Crippen LogP contribution >= 0.6 is 0 Å². The zero-order valence-corrected chi connectivity index (χ0v) is 16.1. The van der Waals surface area contributed by atoms with Gasteiger partial charge >= 0.3 is 0 Å². The molecule has 1 aromatic carbocycles. The summed E-state index contributed by atoms with van der Waals surface area (Å²) in [5, 5.41) is 0. The lowest BCUT2D eigenvalue weighted by atomic mass is 10.1. The molecule has 7 nitrogen and oxygen atoms in total. The predicted octanol–water partition coefficient (Wildman–Crippen LogP) is 2.88. The Balaban J connectivity index is 1.50. The number of rotatable bonds is 5. The van der Waals surface area contributed by atoms with E-state index in [2.05, 4.69) is 19.8 Å². The van der Waals surface area contributed by atoms with Crippen molar-refractivity contribution in [3.05, 3.63) is 55.1 Å². The van der Waals surface area contributed by atoms with Crippen molar-refractivity contribution in [2.45, 2.75) is 0 Å². The van der Waals surface area contributed by atoms with Crippen molar-refractivity contribution >= 4 is 11.5 Å². The Labute approximate surface area is 164 Å². The molecule has 3 heterocycles. The predicted molar refractivity (Wildman–Crippen MR) is 109 cm³/mol. The average molecular weight is 377 g/mol. The number of pyridine rings is 1. The first-order valence-corrected chi connectivity index (χ1v) is 9.23. The summed E-state index contributed by atoms with van der Waals surface area (Å²) in [5.41, 5.74) is 2.97. The Morgan fingerprint density at radius 3 is 2.21 bits per heavy atom. The number of aromatic nitrogens is 3. The van der Waals surface area contributed by atoms with E-state index in [9.17, 15) is 0 Å². The molecule has 0 radical (unpaired) electrons. The van der Waals surface area contributed by atoms with Crippen molar-refractivity contribution < 1.29 is 9.47 Å². The largest absolute Gasteiger partial charge is 0.493 e. The van der Waals surface area contributed by atoms with Crippen LogP contribution in [0.2, 0.25) is 0 Å². The molecule has 0 amide bonds. The lowest BCUT2D eigenvalue weighted by Gasteiger charge is -2.36. The second kappa shape index (κ2) is 8.12. The van der Waals surface area contributed by atoms with E-state index in [0.29, 0.717) is 11.5 Å². The molecular weight excluding hydrogens is 354 g/mol. The van der Waals surface area contributed by atoms with Crippen molar-refractivity contribution in [2.75, 3.05) is 50.2 Å². The molecule has 1 aliphatic rings. The fourth-order valence-corrected chi connectivity index (χ4v) is 3.39. The first-order chi connectivity index (χ1) is 13.8. The van der Waals surface area contributed by atoms with E-state index in [1.54, 1.807) is 20.4 Å². The van der Waals surface area contributed by atoms with E-state index in [1.807, 2.05) is 48.9 Å². The third-order valence-electron chi connectivity index (χ3n) is 4.93. The molecule has 0 spiro atoms. The topological polar surface area (TPSA) is 63.6 Å². The van der Waals surface area contributed by atoms with E-state index < -0.39 is 0 Å². The Morgan fingerprint density at radius 1 is 0.786 bits per heavy atom. The van der Waals surface area contributed by atoms with Gasteiger partial charge in [0.25, 0.3) is 0 Å². The average Bonchev–Trinajstić information content (AvgIpc) is 2.79. The standard InChI is InChI=1S/C21H23N5O2/c1-27-19-4-3-16(13-20(19)28-2)18-14-23-15-21(24-18)26-11-9-25(10-12-26)17-5-7-22-8-6-17/h3-8,13-15H,9-12H2,1-2H3. The van der Waals surface area contributed by atoms with Crippen LogP contribution in [-0.4, -0.2) is 55.4 Å². The maximum Gasteiger partial charge on any atom is 0.161 e. The highest BCUT2D eigenvalue weighted by atomic mass is 16.5. The number of ether oxygens (including phenoxy) is 2. The van der Waals surface area contributed by atoms with Crippen molar-refractivity contribution in [1.29, 1.82) is 0 Å². The molecule has 0 unspecified atom stereocenters. The van der Waals surface area contributed by atoms with Gasteiger partial charge in [-0.3, -0.25) is 9.97 Å². The van der Waals surface area contributed by atoms with Gasteiger partial charge in [0, 0.05) is 49.8 Å². The number of hydrogen-bond donors (Lipinski definition) is 0. The van der Waals surface area contributed by atoms with E-state index in [4.69, 9.17) is 14.5 Å². The summed E-state index contributed by atoms with van der Waals surface area (Å²) in [5.74, 6) is 2.27. The van der Waals surface area contributed by atoms with Crippen LogP contribution in [0.5, 0.6) is 11.5 Å². The molecule has 2 aromatic heterocycles. The summed E-state index contributed by atoms with van der Waals surface area (Å²) in [6.45, 7) is 3.66. The number of hydrogen-bond acceptors (Lipinski definition) is 7. The minimum absolute atomic E-state index is 0.679. The lowest BCUT2D eigenvalue weighted by molar-refractivity contribution is 0.355. The van der Waals surface area contributed by atoms with Crippen LogP contribution in [0.3, 0.4) is 0 Å². The molecule has 0 saturated carbocycles. The molecule has 3 aromatic rings. The molecule has 4 rings (SSSR count). The molecule has 0 N–H and O–H groups in total. The Hall–Kier alpha value is -3.35. The van der Waals surface area contributed by atoms with E-state index in [0.717, 1.165) is 43.3 Å². The molecule has 28 heavy (non-hydrogen) atoms. The van der Waals surface area contributed by atoms with Gasteiger partial charge in [-0.15, -0.1) is 0 Å². The molecule has 0 bridgehead atoms. The normalized spacial score (nSPS) is 14.1. The van der Waals surface area contributed by atoms with Gasteiger partial charge in [-0.25, -0.2) is 4.98 Å². The van der Waals surface area contributed by atoms with E-state index in [1.165, 1.54) is 5.69 Å². The van der Waals surface area contributed by atoms with Gasteiger partial charge in [-0.1, -0.05) is 0 Å². The number of benzene rings is 1. The van der Waals surface area contributed by atoms with Gasteiger partial charge in [0.15, 0.2) is 11.5 Å². The van der Waals surface area contributed by atoms with Crippen molar-refractivity contribution in [2.24, 2.45) is 0 Å². The van der Waals surface area contributed by atoms with Crippen LogP contribution in [0, 0.1) is 0 Å². The number of piperazine rings is 1. The summed E-state index contributed by atoms with van der Waals surface area (Å²) in [6.07, 6.45) is 7.27. The minimum atomic E-state index is 0.679. The summed E-state index contributed by atoms with van der Waals surface area (Å²) < 4.78 is 10.7. The molecular formula is C21H23N5O2. The highest BCUT2D eigenvalue weighted by Gasteiger charge is 2.19. The monoisotopic (exact) mass is 377 g/mol. The zero-order chi connectivity index (χ0) is 19.3. The molecule has 1 fully saturated rings. The minimum Gasteiger partial charge on any atom is -0.493 e. The second-order valence-electron chi connectivity index (χ2n) is 6.51. The van der Waals surface area contributed by atoms with Crippen LogP contribution in [0.15, 0.2) is 55.1 Å². The van der Waals surface area contributed by atoms with Gasteiger partial charge in [0.05, 0.1) is 32.3 Å². The molecule has 144 valence electrons. The van der Waals surface area contributed by atoms with Crippen LogP contribution in [0.1, 0.15) is 0 Å². The molecule has 7 heteroatoms. The van der Waals surface area contributed by atoms with Crippen molar-refractivity contribution in [1.82, 2.24) is 15.0 Å². The third kappa shape index (κ3) is 3.69. The van der Waals surface area contributed by atoms with Gasteiger partial charge in [-0.2, -0.15) is 0 Å². The fraction of sp³-hybridized carbons (Fsp3) is 0.286. The van der Waals surface area contributed by atoms with E-state index >= 15 is 0 Å². The number of anilines is 2. The zero-order valence-electron chi connectivity index (χ0n) is 16.1. The first kappa shape index (κ1) is 18.0. The lowest BCUT2D eigenvalue weighted by Crippen LogP contribution is -2.46. The fourth-order valence-electron chi connectivity index (χ4n) is 3.39. The second-order valence-corrected chi connectivity index (χ2v) is 6.51.